The van der Waals surface area contributed by atoms with E-state index in [1.165, 1.54) is 0 Å². The average Bonchev–Trinajstić information content (AvgIpc) is 2.25. The van der Waals surface area contributed by atoms with Gasteiger partial charge in [0, 0.05) is 18.9 Å². The Morgan fingerprint density at radius 3 is 2.28 bits per heavy atom. The number of nitrogens with two attached hydrogens (primary N) is 1. The molecule has 0 saturated heterocycles. The van der Waals surface area contributed by atoms with Gasteiger partial charge in [0.05, 0.1) is 6.04 Å². The number of aromatic nitrogens is 1. The number of nitrogens with one attached hydrogen (secondary N) is 1. The van der Waals surface area contributed by atoms with Crippen molar-refractivity contribution in [3.63, 3.8) is 0 Å². The zero-order chi connectivity index (χ0) is 12.2. The number of carbonyl (C=O) groups is 1. The van der Waals surface area contributed by atoms with Crippen molar-refractivity contribution in [2.75, 3.05) is 0 Å². The Labute approximate surface area is 121 Å². The van der Waals surface area contributed by atoms with Crippen LogP contribution in [0.5, 0.6) is 0 Å². The summed E-state index contributed by atoms with van der Waals surface area (Å²) in [6, 6.07) is 3.24. The predicted molar refractivity (Wildman–Crippen MR) is 78.0 cm³/mol. The molecular weight excluding hydrogens is 273 g/mol. The Morgan fingerprint density at radius 1 is 1.33 bits per heavy atom. The van der Waals surface area contributed by atoms with Crippen molar-refractivity contribution >= 4 is 30.7 Å². The maximum Gasteiger partial charge on any atom is 0.237 e. The molecule has 0 aliphatic heterocycles. The summed E-state index contributed by atoms with van der Waals surface area (Å²) in [7, 11) is 0. The lowest BCUT2D eigenvalue weighted by Crippen LogP contribution is -2.48. The Bertz CT molecular complexity index is 352. The SMILES string of the molecule is CC(C)(C)[C@H](N)C(=O)NCc1ccncc1.Cl.Cl. The quantitative estimate of drug-likeness (QED) is 0.895. The highest BCUT2D eigenvalue weighted by Gasteiger charge is 2.26. The van der Waals surface area contributed by atoms with Crippen LogP contribution in [0.2, 0.25) is 0 Å². The van der Waals surface area contributed by atoms with Gasteiger partial charge in [0.15, 0.2) is 0 Å². The Hall–Kier alpha value is -0.840. The van der Waals surface area contributed by atoms with Gasteiger partial charge in [-0.1, -0.05) is 20.8 Å². The van der Waals surface area contributed by atoms with E-state index in [0.717, 1.165) is 5.56 Å². The van der Waals surface area contributed by atoms with Crippen LogP contribution >= 0.6 is 24.8 Å². The number of nitrogens with zero attached hydrogens (tertiary/aromatic N) is 1. The minimum absolute atomic E-state index is 0. The second-order valence-corrected chi connectivity index (χ2v) is 4.92. The van der Waals surface area contributed by atoms with Crippen LogP contribution in [0.3, 0.4) is 0 Å². The van der Waals surface area contributed by atoms with Gasteiger partial charge in [-0.15, -0.1) is 24.8 Å². The van der Waals surface area contributed by atoms with Crippen LogP contribution in [0, 0.1) is 5.41 Å². The van der Waals surface area contributed by atoms with Gasteiger partial charge in [0.1, 0.15) is 0 Å². The Balaban J connectivity index is 0. The highest BCUT2D eigenvalue weighted by atomic mass is 35.5. The molecule has 1 aromatic heterocycles. The van der Waals surface area contributed by atoms with Crippen LogP contribution in [0.1, 0.15) is 26.3 Å². The van der Waals surface area contributed by atoms with E-state index >= 15 is 0 Å². The van der Waals surface area contributed by atoms with Crippen molar-refractivity contribution in [2.24, 2.45) is 11.1 Å². The van der Waals surface area contributed by atoms with Crippen molar-refractivity contribution in [2.45, 2.75) is 33.4 Å². The summed E-state index contributed by atoms with van der Waals surface area (Å²) in [5.74, 6) is -0.121. The Kier molecular flexibility index (Phi) is 8.99. The smallest absolute Gasteiger partial charge is 0.237 e. The standard InChI is InChI=1S/C12H19N3O.2ClH/c1-12(2,3)10(13)11(16)15-8-9-4-6-14-7-5-9;;/h4-7,10H,8,13H2,1-3H3,(H,15,16);2*1H/t10-;;/m1../s1. The minimum Gasteiger partial charge on any atom is -0.351 e. The number of halogens is 2. The molecule has 0 unspecified atom stereocenters. The largest absolute Gasteiger partial charge is 0.351 e. The predicted octanol–water partition coefficient (Wildman–Crippen LogP) is 1.91. The lowest BCUT2D eigenvalue weighted by atomic mass is 9.87. The number of pyridine rings is 1. The molecule has 0 aliphatic carbocycles. The molecule has 18 heavy (non-hydrogen) atoms. The summed E-state index contributed by atoms with van der Waals surface area (Å²) in [6.07, 6.45) is 3.40. The Morgan fingerprint density at radius 2 is 1.83 bits per heavy atom. The summed E-state index contributed by atoms with van der Waals surface area (Å²) in [5, 5.41) is 2.81. The van der Waals surface area contributed by atoms with Crippen LogP contribution in [-0.2, 0) is 11.3 Å². The van der Waals surface area contributed by atoms with Crippen LogP contribution < -0.4 is 11.1 Å². The zero-order valence-corrected chi connectivity index (χ0v) is 12.5. The number of hydrogen-bond donors (Lipinski definition) is 2. The lowest BCUT2D eigenvalue weighted by molar-refractivity contribution is -0.124. The molecular formula is C12H21Cl2N3O. The fraction of sp³-hybridized carbons (Fsp3) is 0.500. The number of carbonyl (C=O) groups excluding carboxylic acids is 1. The first-order valence-corrected chi connectivity index (χ1v) is 5.33. The van der Waals surface area contributed by atoms with E-state index in [2.05, 4.69) is 10.3 Å². The number of amides is 1. The molecule has 0 spiro atoms. The van der Waals surface area contributed by atoms with Crippen LogP contribution in [0.15, 0.2) is 24.5 Å². The van der Waals surface area contributed by atoms with Crippen molar-refractivity contribution in [1.82, 2.24) is 10.3 Å². The van der Waals surface area contributed by atoms with Gasteiger partial charge in [-0.05, 0) is 23.1 Å². The molecule has 104 valence electrons. The van der Waals surface area contributed by atoms with Crippen LogP contribution in [-0.4, -0.2) is 16.9 Å². The molecule has 1 amide bonds. The van der Waals surface area contributed by atoms with E-state index in [9.17, 15) is 4.79 Å². The molecule has 0 saturated carbocycles. The van der Waals surface area contributed by atoms with Gasteiger partial charge in [-0.25, -0.2) is 0 Å². The molecule has 6 heteroatoms. The molecule has 0 radical (unpaired) electrons. The molecule has 1 aromatic rings. The van der Waals surface area contributed by atoms with E-state index in [1.807, 2.05) is 32.9 Å². The van der Waals surface area contributed by atoms with Crippen molar-refractivity contribution < 1.29 is 4.79 Å². The first-order chi connectivity index (χ1) is 7.41. The lowest BCUT2D eigenvalue weighted by Gasteiger charge is -2.25. The zero-order valence-electron chi connectivity index (χ0n) is 10.8. The molecule has 1 rings (SSSR count). The summed E-state index contributed by atoms with van der Waals surface area (Å²) < 4.78 is 0. The summed E-state index contributed by atoms with van der Waals surface area (Å²) in [5.41, 5.74) is 6.63. The van der Waals surface area contributed by atoms with Gasteiger partial charge in [-0.2, -0.15) is 0 Å². The maximum absolute atomic E-state index is 11.7. The third-order valence-electron chi connectivity index (χ3n) is 2.43. The molecule has 0 fully saturated rings. The number of rotatable bonds is 3. The van der Waals surface area contributed by atoms with Gasteiger partial charge >= 0.3 is 0 Å². The second kappa shape index (κ2) is 8.29. The summed E-state index contributed by atoms with van der Waals surface area (Å²) in [4.78, 5) is 15.6. The third kappa shape index (κ3) is 6.19. The van der Waals surface area contributed by atoms with Gasteiger partial charge in [0.25, 0.3) is 0 Å². The summed E-state index contributed by atoms with van der Waals surface area (Å²) in [6.45, 7) is 6.34. The van der Waals surface area contributed by atoms with E-state index in [-0.39, 0.29) is 36.1 Å². The molecule has 0 bridgehead atoms. The van der Waals surface area contributed by atoms with Gasteiger partial charge in [-0.3, -0.25) is 9.78 Å². The van der Waals surface area contributed by atoms with Gasteiger partial charge in [0.2, 0.25) is 5.91 Å². The fourth-order valence-corrected chi connectivity index (χ4v) is 1.19. The maximum atomic E-state index is 11.7. The van der Waals surface area contributed by atoms with E-state index in [4.69, 9.17) is 5.73 Å². The van der Waals surface area contributed by atoms with Crippen LogP contribution in [0.4, 0.5) is 0 Å². The van der Waals surface area contributed by atoms with Crippen molar-refractivity contribution in [1.29, 1.82) is 0 Å². The first kappa shape index (κ1) is 19.5. The molecule has 3 N–H and O–H groups in total. The highest BCUT2D eigenvalue weighted by molar-refractivity contribution is 5.85. The monoisotopic (exact) mass is 293 g/mol. The molecule has 4 nitrogen and oxygen atoms in total. The van der Waals surface area contributed by atoms with E-state index < -0.39 is 6.04 Å². The number of hydrogen-bond acceptors (Lipinski definition) is 3. The van der Waals surface area contributed by atoms with Gasteiger partial charge < -0.3 is 11.1 Å². The van der Waals surface area contributed by atoms with Crippen LogP contribution in [0.25, 0.3) is 0 Å². The molecule has 1 atom stereocenters. The fourth-order valence-electron chi connectivity index (χ4n) is 1.19. The van der Waals surface area contributed by atoms with Crippen molar-refractivity contribution in [3.8, 4) is 0 Å². The van der Waals surface area contributed by atoms with Crippen molar-refractivity contribution in [3.05, 3.63) is 30.1 Å². The molecule has 0 aromatic carbocycles. The average molecular weight is 294 g/mol. The van der Waals surface area contributed by atoms with E-state index in [0.29, 0.717) is 6.54 Å². The molecule has 1 heterocycles. The molecule has 0 aliphatic rings. The minimum atomic E-state index is -0.491. The summed E-state index contributed by atoms with van der Waals surface area (Å²) >= 11 is 0. The third-order valence-corrected chi connectivity index (χ3v) is 2.43. The van der Waals surface area contributed by atoms with E-state index in [1.54, 1.807) is 12.4 Å². The second-order valence-electron chi connectivity index (χ2n) is 4.92. The first-order valence-electron chi connectivity index (χ1n) is 5.33. The normalized spacial score (nSPS) is 11.8. The highest BCUT2D eigenvalue weighted by Crippen LogP contribution is 2.17. The topological polar surface area (TPSA) is 68.0 Å².